The molecule has 2 atom stereocenters. The summed E-state index contributed by atoms with van der Waals surface area (Å²) in [6.07, 6.45) is 9.89. The first-order valence-electron chi connectivity index (χ1n) is 6.27. The van der Waals surface area contributed by atoms with Crippen molar-refractivity contribution in [3.05, 3.63) is 0 Å². The van der Waals surface area contributed by atoms with Gasteiger partial charge in [0, 0.05) is 18.6 Å². The van der Waals surface area contributed by atoms with Crippen molar-refractivity contribution >= 4 is 0 Å². The molecule has 0 aromatic rings. The standard InChI is InChI=1S/C12H22N2/c13-10-5-11(6-10)14-8-12-4-2-1-3-9(12)7-12/h9-11,14H,1-8,13H2. The Morgan fingerprint density at radius 1 is 1.29 bits per heavy atom. The van der Waals surface area contributed by atoms with Gasteiger partial charge in [0.1, 0.15) is 0 Å². The largest absolute Gasteiger partial charge is 0.328 e. The van der Waals surface area contributed by atoms with Crippen LogP contribution in [-0.2, 0) is 0 Å². The van der Waals surface area contributed by atoms with Gasteiger partial charge in [0.15, 0.2) is 0 Å². The zero-order valence-electron chi connectivity index (χ0n) is 8.97. The highest BCUT2D eigenvalue weighted by Crippen LogP contribution is 2.60. The van der Waals surface area contributed by atoms with Gasteiger partial charge in [-0.3, -0.25) is 0 Å². The number of hydrogen-bond acceptors (Lipinski definition) is 2. The molecule has 0 aliphatic heterocycles. The molecule has 3 rings (SSSR count). The Balaban J connectivity index is 1.44. The molecule has 3 N–H and O–H groups in total. The second-order valence-corrected chi connectivity index (χ2v) is 5.82. The van der Waals surface area contributed by atoms with Gasteiger partial charge in [-0.15, -0.1) is 0 Å². The monoisotopic (exact) mass is 194 g/mol. The molecule has 2 heteroatoms. The molecule has 0 aromatic heterocycles. The Morgan fingerprint density at radius 3 is 2.86 bits per heavy atom. The van der Waals surface area contributed by atoms with Crippen LogP contribution in [0.1, 0.15) is 44.9 Å². The molecule has 0 bridgehead atoms. The van der Waals surface area contributed by atoms with E-state index in [2.05, 4.69) is 5.32 Å². The zero-order valence-corrected chi connectivity index (χ0v) is 8.97. The molecule has 0 spiro atoms. The van der Waals surface area contributed by atoms with E-state index < -0.39 is 0 Å². The molecule has 2 unspecified atom stereocenters. The second kappa shape index (κ2) is 3.21. The van der Waals surface area contributed by atoms with Gasteiger partial charge in [-0.2, -0.15) is 0 Å². The van der Waals surface area contributed by atoms with Crippen LogP contribution in [0.2, 0.25) is 0 Å². The SMILES string of the molecule is NC1CC(NCC23CCCCC2C3)C1. The van der Waals surface area contributed by atoms with Gasteiger partial charge in [0.25, 0.3) is 0 Å². The van der Waals surface area contributed by atoms with Crippen molar-refractivity contribution in [2.75, 3.05) is 6.54 Å². The maximum atomic E-state index is 5.78. The van der Waals surface area contributed by atoms with Crippen LogP contribution < -0.4 is 11.1 Å². The van der Waals surface area contributed by atoms with Crippen molar-refractivity contribution in [3.63, 3.8) is 0 Å². The maximum Gasteiger partial charge on any atom is 0.00967 e. The number of fused-ring (bicyclic) bond motifs is 1. The highest BCUT2D eigenvalue weighted by atomic mass is 15.0. The summed E-state index contributed by atoms with van der Waals surface area (Å²) < 4.78 is 0. The van der Waals surface area contributed by atoms with E-state index in [4.69, 9.17) is 5.73 Å². The summed E-state index contributed by atoms with van der Waals surface area (Å²) >= 11 is 0. The van der Waals surface area contributed by atoms with Gasteiger partial charge in [-0.25, -0.2) is 0 Å². The Labute approximate surface area is 86.6 Å². The van der Waals surface area contributed by atoms with Crippen LogP contribution >= 0.6 is 0 Å². The van der Waals surface area contributed by atoms with Crippen LogP contribution in [-0.4, -0.2) is 18.6 Å². The topological polar surface area (TPSA) is 38.0 Å². The molecule has 0 heterocycles. The van der Waals surface area contributed by atoms with E-state index in [1.807, 2.05) is 0 Å². The lowest BCUT2D eigenvalue weighted by Gasteiger charge is -2.35. The first-order valence-corrected chi connectivity index (χ1v) is 6.27. The molecular formula is C12H22N2. The normalized spacial score (nSPS) is 50.8. The molecular weight excluding hydrogens is 172 g/mol. The molecule has 0 radical (unpaired) electrons. The first kappa shape index (κ1) is 9.17. The average Bonchev–Trinajstić information content (AvgIpc) is 2.85. The number of rotatable bonds is 3. The summed E-state index contributed by atoms with van der Waals surface area (Å²) in [7, 11) is 0. The van der Waals surface area contributed by atoms with Crippen molar-refractivity contribution in [2.24, 2.45) is 17.1 Å². The van der Waals surface area contributed by atoms with E-state index >= 15 is 0 Å². The van der Waals surface area contributed by atoms with Crippen LogP contribution in [0.15, 0.2) is 0 Å². The van der Waals surface area contributed by atoms with Gasteiger partial charge < -0.3 is 11.1 Å². The predicted molar refractivity (Wildman–Crippen MR) is 58.0 cm³/mol. The fourth-order valence-corrected chi connectivity index (χ4v) is 3.50. The Bertz CT molecular complexity index is 222. The number of nitrogens with two attached hydrogens (primary N) is 1. The predicted octanol–water partition coefficient (Wildman–Crippen LogP) is 1.65. The van der Waals surface area contributed by atoms with Crippen molar-refractivity contribution in [1.29, 1.82) is 0 Å². The minimum atomic E-state index is 0.492. The molecule has 2 nitrogen and oxygen atoms in total. The van der Waals surface area contributed by atoms with Gasteiger partial charge in [0.2, 0.25) is 0 Å². The minimum absolute atomic E-state index is 0.492. The van der Waals surface area contributed by atoms with E-state index in [-0.39, 0.29) is 0 Å². The van der Waals surface area contributed by atoms with Gasteiger partial charge in [-0.05, 0) is 43.4 Å². The van der Waals surface area contributed by atoms with Crippen molar-refractivity contribution in [3.8, 4) is 0 Å². The Morgan fingerprint density at radius 2 is 2.14 bits per heavy atom. The molecule has 0 amide bonds. The summed E-state index contributed by atoms with van der Waals surface area (Å²) in [5, 5.41) is 3.72. The van der Waals surface area contributed by atoms with Crippen LogP contribution in [0.5, 0.6) is 0 Å². The first-order chi connectivity index (χ1) is 6.78. The molecule has 14 heavy (non-hydrogen) atoms. The third-order valence-corrected chi connectivity index (χ3v) is 4.75. The van der Waals surface area contributed by atoms with Gasteiger partial charge >= 0.3 is 0 Å². The van der Waals surface area contributed by atoms with Crippen LogP contribution in [0, 0.1) is 11.3 Å². The molecule has 0 aromatic carbocycles. The number of nitrogens with one attached hydrogen (secondary N) is 1. The molecule has 3 saturated carbocycles. The summed E-state index contributed by atoms with van der Waals surface area (Å²) in [5.74, 6) is 1.08. The lowest BCUT2D eigenvalue weighted by molar-refractivity contribution is 0.246. The Hall–Kier alpha value is -0.0800. The van der Waals surface area contributed by atoms with Crippen molar-refractivity contribution in [2.45, 2.75) is 57.0 Å². The van der Waals surface area contributed by atoms with Crippen LogP contribution in [0.3, 0.4) is 0 Å². The average molecular weight is 194 g/mol. The third kappa shape index (κ3) is 1.49. The molecule has 3 aliphatic rings. The third-order valence-electron chi connectivity index (χ3n) is 4.75. The van der Waals surface area contributed by atoms with E-state index in [9.17, 15) is 0 Å². The molecule has 3 fully saturated rings. The summed E-state index contributed by atoms with van der Waals surface area (Å²) in [5.41, 5.74) is 6.53. The molecule has 0 saturated heterocycles. The van der Waals surface area contributed by atoms with Crippen LogP contribution in [0.4, 0.5) is 0 Å². The van der Waals surface area contributed by atoms with E-state index in [1.54, 1.807) is 0 Å². The van der Waals surface area contributed by atoms with Crippen molar-refractivity contribution < 1.29 is 0 Å². The quantitative estimate of drug-likeness (QED) is 0.717. The number of hydrogen-bond donors (Lipinski definition) is 2. The highest BCUT2D eigenvalue weighted by Gasteiger charge is 2.54. The summed E-state index contributed by atoms with van der Waals surface area (Å²) in [4.78, 5) is 0. The van der Waals surface area contributed by atoms with Crippen molar-refractivity contribution in [1.82, 2.24) is 5.32 Å². The zero-order chi connectivity index (χ0) is 9.60. The fourth-order valence-electron chi connectivity index (χ4n) is 3.50. The lowest BCUT2D eigenvalue weighted by atomic mass is 9.85. The Kier molecular flexibility index (Phi) is 2.10. The maximum absolute atomic E-state index is 5.78. The van der Waals surface area contributed by atoms with Gasteiger partial charge in [-0.1, -0.05) is 12.8 Å². The fraction of sp³-hybridized carbons (Fsp3) is 1.00. The summed E-state index contributed by atoms with van der Waals surface area (Å²) in [6.45, 7) is 1.29. The van der Waals surface area contributed by atoms with E-state index in [0.29, 0.717) is 6.04 Å². The smallest absolute Gasteiger partial charge is 0.00967 e. The second-order valence-electron chi connectivity index (χ2n) is 5.82. The lowest BCUT2D eigenvalue weighted by Crippen LogP contribution is -2.50. The summed E-state index contributed by atoms with van der Waals surface area (Å²) in [6, 6.07) is 1.24. The van der Waals surface area contributed by atoms with Gasteiger partial charge in [0.05, 0.1) is 0 Å². The minimum Gasteiger partial charge on any atom is -0.328 e. The highest BCUT2D eigenvalue weighted by molar-refractivity contribution is 5.06. The molecule has 3 aliphatic carbocycles. The van der Waals surface area contributed by atoms with Crippen LogP contribution in [0.25, 0.3) is 0 Å². The van der Waals surface area contributed by atoms with E-state index in [1.165, 1.54) is 51.5 Å². The van der Waals surface area contributed by atoms with E-state index in [0.717, 1.165) is 17.4 Å². The molecule has 80 valence electrons.